The second kappa shape index (κ2) is 6.41. The molecule has 1 aliphatic rings. The number of hydrogen-bond acceptors (Lipinski definition) is 3. The van der Waals surface area contributed by atoms with Gasteiger partial charge in [0.1, 0.15) is 5.60 Å². The van der Waals surface area contributed by atoms with Crippen LogP contribution in [0.5, 0.6) is 0 Å². The molecule has 1 rings (SSSR count). The van der Waals surface area contributed by atoms with Crippen LogP contribution in [0, 0.1) is 0 Å². The van der Waals surface area contributed by atoms with E-state index in [9.17, 15) is 4.79 Å². The Bertz CT molecular complexity index is 261. The van der Waals surface area contributed by atoms with Crippen molar-refractivity contribution in [1.29, 1.82) is 0 Å². The Labute approximate surface area is 111 Å². The summed E-state index contributed by atoms with van der Waals surface area (Å²) in [6, 6.07) is 0.525. The van der Waals surface area contributed by atoms with Gasteiger partial charge in [-0.2, -0.15) is 0 Å². The molecule has 106 valence electrons. The fraction of sp³-hybridized carbons (Fsp3) is 0.929. The van der Waals surface area contributed by atoms with Gasteiger partial charge in [0.05, 0.1) is 0 Å². The third kappa shape index (κ3) is 4.48. The summed E-state index contributed by atoms with van der Waals surface area (Å²) in [6.45, 7) is 14.0. The van der Waals surface area contributed by atoms with E-state index < -0.39 is 5.60 Å². The summed E-state index contributed by atoms with van der Waals surface area (Å²) < 4.78 is 5.36. The third-order valence-corrected chi connectivity index (χ3v) is 3.05. The van der Waals surface area contributed by atoms with E-state index >= 15 is 0 Å². The highest BCUT2D eigenvalue weighted by Crippen LogP contribution is 2.19. The van der Waals surface area contributed by atoms with Gasteiger partial charge in [-0.25, -0.2) is 4.79 Å². The highest BCUT2D eigenvalue weighted by atomic mass is 16.6. The van der Waals surface area contributed by atoms with Crippen LogP contribution >= 0.6 is 0 Å². The zero-order valence-electron chi connectivity index (χ0n) is 12.5. The number of ether oxygens (including phenoxy) is 1. The third-order valence-electron chi connectivity index (χ3n) is 3.05. The van der Waals surface area contributed by atoms with Crippen LogP contribution in [0.1, 0.15) is 47.5 Å². The standard InChI is InChI=1S/C14H28N2O2/c1-6-8-15(9-7-2)12-10-16(11-12)13(17)18-14(3,4)5/h12H,6-11H2,1-5H3. The fourth-order valence-electron chi connectivity index (χ4n) is 2.21. The van der Waals surface area contributed by atoms with E-state index in [1.165, 1.54) is 12.8 Å². The second-order valence-corrected chi connectivity index (χ2v) is 6.08. The minimum Gasteiger partial charge on any atom is -0.444 e. The van der Waals surface area contributed by atoms with Gasteiger partial charge in [-0.3, -0.25) is 4.90 Å². The monoisotopic (exact) mass is 256 g/mol. The van der Waals surface area contributed by atoms with Crippen LogP contribution < -0.4 is 0 Å². The normalized spacial score (nSPS) is 16.9. The van der Waals surface area contributed by atoms with Crippen molar-refractivity contribution in [2.75, 3.05) is 26.2 Å². The maximum atomic E-state index is 11.8. The number of likely N-dealkylation sites (tertiary alicyclic amines) is 1. The van der Waals surface area contributed by atoms with Crippen molar-refractivity contribution in [2.45, 2.75) is 59.1 Å². The lowest BCUT2D eigenvalue weighted by Crippen LogP contribution is -2.61. The lowest BCUT2D eigenvalue weighted by atomic mass is 10.1. The number of nitrogens with zero attached hydrogens (tertiary/aromatic N) is 2. The van der Waals surface area contributed by atoms with Gasteiger partial charge in [-0.1, -0.05) is 13.8 Å². The van der Waals surface area contributed by atoms with Gasteiger partial charge in [-0.15, -0.1) is 0 Å². The maximum Gasteiger partial charge on any atom is 0.410 e. The molecule has 4 nitrogen and oxygen atoms in total. The van der Waals surface area contributed by atoms with E-state index in [0.29, 0.717) is 6.04 Å². The molecule has 1 aliphatic heterocycles. The molecule has 0 aromatic carbocycles. The maximum absolute atomic E-state index is 11.8. The first-order valence-electron chi connectivity index (χ1n) is 7.09. The molecule has 0 aliphatic carbocycles. The van der Waals surface area contributed by atoms with Gasteiger partial charge in [0.2, 0.25) is 0 Å². The van der Waals surface area contributed by atoms with E-state index in [1.54, 1.807) is 4.90 Å². The van der Waals surface area contributed by atoms with Gasteiger partial charge >= 0.3 is 6.09 Å². The van der Waals surface area contributed by atoms with Gasteiger partial charge in [0.15, 0.2) is 0 Å². The number of hydrogen-bond donors (Lipinski definition) is 0. The first-order chi connectivity index (χ1) is 8.37. The molecule has 18 heavy (non-hydrogen) atoms. The predicted octanol–water partition coefficient (Wildman–Crippen LogP) is 2.73. The lowest BCUT2D eigenvalue weighted by Gasteiger charge is -2.45. The van der Waals surface area contributed by atoms with Gasteiger partial charge in [0.25, 0.3) is 0 Å². The molecule has 0 saturated carbocycles. The molecule has 0 N–H and O–H groups in total. The molecule has 4 heteroatoms. The van der Waals surface area contributed by atoms with E-state index in [4.69, 9.17) is 4.74 Å². The van der Waals surface area contributed by atoms with Crippen LogP contribution in [-0.4, -0.2) is 53.7 Å². The summed E-state index contributed by atoms with van der Waals surface area (Å²) in [6.07, 6.45) is 2.16. The Balaban J connectivity index is 2.35. The van der Waals surface area contributed by atoms with Crippen LogP contribution in [-0.2, 0) is 4.74 Å². The van der Waals surface area contributed by atoms with Crippen molar-refractivity contribution in [2.24, 2.45) is 0 Å². The number of amides is 1. The summed E-state index contributed by atoms with van der Waals surface area (Å²) in [5, 5.41) is 0. The van der Waals surface area contributed by atoms with Crippen LogP contribution in [0.2, 0.25) is 0 Å². The number of rotatable bonds is 5. The van der Waals surface area contributed by atoms with Gasteiger partial charge in [-0.05, 0) is 46.7 Å². The fourth-order valence-corrected chi connectivity index (χ4v) is 2.21. The van der Waals surface area contributed by atoms with Crippen molar-refractivity contribution < 1.29 is 9.53 Å². The van der Waals surface area contributed by atoms with E-state index in [1.807, 2.05) is 20.8 Å². The second-order valence-electron chi connectivity index (χ2n) is 6.08. The summed E-state index contributed by atoms with van der Waals surface area (Å²) in [5.41, 5.74) is -0.394. The minimum atomic E-state index is -0.394. The Morgan fingerprint density at radius 1 is 1.22 bits per heavy atom. The number of carbonyl (C=O) groups excluding carboxylic acids is 1. The zero-order chi connectivity index (χ0) is 13.8. The molecule has 0 atom stereocenters. The largest absolute Gasteiger partial charge is 0.444 e. The van der Waals surface area contributed by atoms with Crippen LogP contribution in [0.25, 0.3) is 0 Å². The molecule has 1 heterocycles. The van der Waals surface area contributed by atoms with Crippen molar-refractivity contribution in [1.82, 2.24) is 9.80 Å². The van der Waals surface area contributed by atoms with Gasteiger partial charge < -0.3 is 9.64 Å². The highest BCUT2D eigenvalue weighted by molar-refractivity contribution is 5.69. The van der Waals surface area contributed by atoms with Crippen molar-refractivity contribution in [3.63, 3.8) is 0 Å². The lowest BCUT2D eigenvalue weighted by molar-refractivity contribution is -0.0153. The first-order valence-corrected chi connectivity index (χ1v) is 7.09. The molecular weight excluding hydrogens is 228 g/mol. The molecular formula is C14H28N2O2. The van der Waals surface area contributed by atoms with E-state index in [0.717, 1.165) is 26.2 Å². The minimum absolute atomic E-state index is 0.174. The van der Waals surface area contributed by atoms with Crippen molar-refractivity contribution in [3.8, 4) is 0 Å². The summed E-state index contributed by atoms with van der Waals surface area (Å²) in [7, 11) is 0. The Morgan fingerprint density at radius 2 is 1.72 bits per heavy atom. The Morgan fingerprint density at radius 3 is 2.11 bits per heavy atom. The smallest absolute Gasteiger partial charge is 0.410 e. The quantitative estimate of drug-likeness (QED) is 0.758. The molecule has 1 saturated heterocycles. The molecule has 0 aromatic heterocycles. The summed E-state index contributed by atoms with van der Waals surface area (Å²) in [5.74, 6) is 0. The van der Waals surface area contributed by atoms with Crippen LogP contribution in [0.3, 0.4) is 0 Å². The molecule has 0 spiro atoms. The SMILES string of the molecule is CCCN(CCC)C1CN(C(=O)OC(C)(C)C)C1. The predicted molar refractivity (Wildman–Crippen MR) is 73.8 cm³/mol. The van der Waals surface area contributed by atoms with Gasteiger partial charge in [0, 0.05) is 19.1 Å². The molecule has 0 bridgehead atoms. The zero-order valence-corrected chi connectivity index (χ0v) is 12.5. The highest BCUT2D eigenvalue weighted by Gasteiger charge is 2.36. The average Bonchev–Trinajstić information content (AvgIpc) is 2.12. The molecule has 1 amide bonds. The van der Waals surface area contributed by atoms with Crippen molar-refractivity contribution >= 4 is 6.09 Å². The summed E-state index contributed by atoms with van der Waals surface area (Å²) in [4.78, 5) is 16.1. The molecule has 0 unspecified atom stereocenters. The average molecular weight is 256 g/mol. The number of carbonyl (C=O) groups is 1. The Kier molecular flexibility index (Phi) is 5.45. The topological polar surface area (TPSA) is 32.8 Å². The molecule has 0 radical (unpaired) electrons. The summed E-state index contributed by atoms with van der Waals surface area (Å²) >= 11 is 0. The first kappa shape index (κ1) is 15.3. The van der Waals surface area contributed by atoms with Crippen molar-refractivity contribution in [3.05, 3.63) is 0 Å². The Hall–Kier alpha value is -0.770. The van der Waals surface area contributed by atoms with Crippen LogP contribution in [0.4, 0.5) is 4.79 Å². The molecule has 0 aromatic rings. The van der Waals surface area contributed by atoms with Crippen LogP contribution in [0.15, 0.2) is 0 Å². The van der Waals surface area contributed by atoms with E-state index in [-0.39, 0.29) is 6.09 Å². The van der Waals surface area contributed by atoms with E-state index in [2.05, 4.69) is 18.7 Å². The molecule has 1 fully saturated rings.